The number of hydrogen-bond donors (Lipinski definition) is 1. The van der Waals surface area contributed by atoms with Crippen LogP contribution in [0.4, 0.5) is 5.95 Å². The van der Waals surface area contributed by atoms with E-state index in [-0.39, 0.29) is 12.1 Å². The van der Waals surface area contributed by atoms with Crippen molar-refractivity contribution in [1.82, 2.24) is 14.8 Å². The minimum Gasteiger partial charge on any atom is -0.493 e. The predicted molar refractivity (Wildman–Crippen MR) is 139 cm³/mol. The van der Waals surface area contributed by atoms with E-state index in [1.165, 1.54) is 12.7 Å². The monoisotopic (exact) mass is 552 g/mol. The van der Waals surface area contributed by atoms with Gasteiger partial charge in [-0.1, -0.05) is 36.8 Å². The molecule has 1 aliphatic heterocycles. The molecule has 1 saturated carbocycles. The number of esters is 1. The Kier molecular flexibility index (Phi) is 7.27. The molecule has 0 spiro atoms. The molecular weight excluding hydrogens is 524 g/mol. The third-order valence-corrected chi connectivity index (χ3v) is 7.22. The van der Waals surface area contributed by atoms with Crippen LogP contribution in [0.3, 0.4) is 0 Å². The first-order valence-electron chi connectivity index (χ1n) is 12.2. The Hall–Kier alpha value is -3.33. The second kappa shape index (κ2) is 10.7. The summed E-state index contributed by atoms with van der Waals surface area (Å²) in [6.45, 7) is 2.26. The molecule has 3 aromatic rings. The van der Waals surface area contributed by atoms with E-state index in [0.717, 1.165) is 36.8 Å². The van der Waals surface area contributed by atoms with E-state index >= 15 is 0 Å². The van der Waals surface area contributed by atoms with E-state index in [0.29, 0.717) is 39.8 Å². The number of aromatic nitrogens is 3. The molecule has 2 aliphatic rings. The van der Waals surface area contributed by atoms with E-state index in [4.69, 9.17) is 14.2 Å². The highest BCUT2D eigenvalue weighted by molar-refractivity contribution is 9.10. The number of anilines is 1. The topological polar surface area (TPSA) is 87.5 Å². The van der Waals surface area contributed by atoms with Gasteiger partial charge in [-0.2, -0.15) is 10.1 Å². The number of rotatable bonds is 7. The van der Waals surface area contributed by atoms with Crippen molar-refractivity contribution in [3.05, 3.63) is 75.7 Å². The Bertz CT molecular complexity index is 1270. The smallest absolute Gasteiger partial charge is 0.338 e. The Morgan fingerprint density at radius 1 is 1.17 bits per heavy atom. The average molecular weight is 553 g/mol. The Morgan fingerprint density at radius 2 is 1.94 bits per heavy atom. The zero-order chi connectivity index (χ0) is 25.1. The highest BCUT2D eigenvalue weighted by Crippen LogP contribution is 2.43. The Labute approximate surface area is 218 Å². The molecule has 188 valence electrons. The van der Waals surface area contributed by atoms with Crippen molar-refractivity contribution in [3.8, 4) is 11.5 Å². The zero-order valence-corrected chi connectivity index (χ0v) is 22.0. The summed E-state index contributed by atoms with van der Waals surface area (Å²) in [5.41, 5.74) is 3.05. The summed E-state index contributed by atoms with van der Waals surface area (Å²) in [5, 5.41) is 7.63. The van der Waals surface area contributed by atoms with Gasteiger partial charge in [0, 0.05) is 5.70 Å². The van der Waals surface area contributed by atoms with Gasteiger partial charge in [0.25, 0.3) is 0 Å². The lowest BCUT2D eigenvalue weighted by Gasteiger charge is -2.30. The molecular formula is C27H29BrN4O4. The number of hydrogen-bond acceptors (Lipinski definition) is 7. The van der Waals surface area contributed by atoms with Crippen LogP contribution < -0.4 is 14.8 Å². The fraction of sp³-hybridized carbons (Fsp3) is 0.370. The molecule has 1 aliphatic carbocycles. The molecule has 0 saturated heterocycles. The van der Waals surface area contributed by atoms with Crippen LogP contribution in [-0.2, 0) is 16.1 Å². The zero-order valence-electron chi connectivity index (χ0n) is 20.4. The number of carbonyl (C=O) groups excluding carboxylic acids is 1. The minimum absolute atomic E-state index is 0.0561. The number of benzene rings is 2. The third-order valence-electron chi connectivity index (χ3n) is 6.63. The van der Waals surface area contributed by atoms with Gasteiger partial charge in [-0.3, -0.25) is 0 Å². The molecule has 1 unspecified atom stereocenters. The highest BCUT2D eigenvalue weighted by Gasteiger charge is 2.36. The molecule has 1 atom stereocenters. The quantitative estimate of drug-likeness (QED) is 0.371. The molecule has 36 heavy (non-hydrogen) atoms. The third kappa shape index (κ3) is 4.97. The van der Waals surface area contributed by atoms with Gasteiger partial charge in [-0.25, -0.2) is 9.48 Å². The van der Waals surface area contributed by atoms with E-state index < -0.39 is 6.04 Å². The van der Waals surface area contributed by atoms with Gasteiger partial charge in [-0.15, -0.1) is 0 Å². The number of nitrogens with zero attached hydrogens (tertiary/aromatic N) is 3. The lowest BCUT2D eigenvalue weighted by molar-refractivity contribution is -0.146. The van der Waals surface area contributed by atoms with Crippen LogP contribution in [0, 0.1) is 0 Å². The van der Waals surface area contributed by atoms with Crippen molar-refractivity contribution in [3.63, 3.8) is 0 Å². The standard InChI is InChI=1S/C27H29BrN4O4/c1-17-23(26(33)36-20-11-7-4-8-12-20)24(32-27(31-17)29-16-30-32)19-13-21(28)25(22(14-19)34-2)35-15-18-9-5-3-6-10-18/h3,5-6,9-10,13-14,16,20,24H,4,7-8,11-12,15H2,1-2H3,(H,29,30,31). The lowest BCUT2D eigenvalue weighted by Crippen LogP contribution is -2.32. The number of fused-ring (bicyclic) bond motifs is 1. The summed E-state index contributed by atoms with van der Waals surface area (Å²) in [7, 11) is 1.60. The molecule has 2 heterocycles. The van der Waals surface area contributed by atoms with Gasteiger partial charge in [0.2, 0.25) is 5.95 Å². The summed E-state index contributed by atoms with van der Waals surface area (Å²) >= 11 is 3.66. The molecule has 0 bridgehead atoms. The van der Waals surface area contributed by atoms with Crippen molar-refractivity contribution < 1.29 is 19.0 Å². The SMILES string of the molecule is COc1cc(C2C(C(=O)OC3CCCCC3)=C(C)Nc3ncnn32)cc(Br)c1OCc1ccccc1. The first-order valence-corrected chi connectivity index (χ1v) is 13.0. The van der Waals surface area contributed by atoms with Gasteiger partial charge >= 0.3 is 5.97 Å². The van der Waals surface area contributed by atoms with Crippen LogP contribution in [0.1, 0.15) is 56.2 Å². The van der Waals surface area contributed by atoms with Gasteiger partial charge in [-0.05, 0) is 71.8 Å². The van der Waals surface area contributed by atoms with Gasteiger partial charge < -0.3 is 19.5 Å². The van der Waals surface area contributed by atoms with E-state index in [9.17, 15) is 4.79 Å². The maximum atomic E-state index is 13.5. The molecule has 0 radical (unpaired) electrons. The number of carbonyl (C=O) groups is 1. The molecule has 1 fully saturated rings. The summed E-state index contributed by atoms with van der Waals surface area (Å²) in [6, 6.07) is 13.2. The average Bonchev–Trinajstić information content (AvgIpc) is 3.36. The maximum Gasteiger partial charge on any atom is 0.338 e. The predicted octanol–water partition coefficient (Wildman–Crippen LogP) is 5.79. The van der Waals surface area contributed by atoms with Crippen molar-refractivity contribution in [2.75, 3.05) is 12.4 Å². The van der Waals surface area contributed by atoms with Crippen LogP contribution in [0.2, 0.25) is 0 Å². The first-order chi connectivity index (χ1) is 17.5. The second-order valence-corrected chi connectivity index (χ2v) is 9.92. The van der Waals surface area contributed by atoms with E-state index in [1.54, 1.807) is 11.8 Å². The first kappa shape index (κ1) is 24.4. The number of methoxy groups -OCH3 is 1. The lowest BCUT2D eigenvalue weighted by atomic mass is 9.94. The minimum atomic E-state index is -0.534. The highest BCUT2D eigenvalue weighted by atomic mass is 79.9. The normalized spacial score (nSPS) is 17.8. The molecule has 1 N–H and O–H groups in total. The molecule has 0 amide bonds. The van der Waals surface area contributed by atoms with E-state index in [2.05, 4.69) is 31.3 Å². The number of nitrogens with one attached hydrogen (secondary N) is 1. The van der Waals surface area contributed by atoms with Crippen LogP contribution in [0.5, 0.6) is 11.5 Å². The van der Waals surface area contributed by atoms with Crippen LogP contribution in [0.15, 0.2) is 64.5 Å². The molecule has 8 nitrogen and oxygen atoms in total. The molecule has 9 heteroatoms. The maximum absolute atomic E-state index is 13.5. The van der Waals surface area contributed by atoms with Crippen molar-refractivity contribution in [1.29, 1.82) is 0 Å². The Balaban J connectivity index is 1.49. The number of ether oxygens (including phenoxy) is 3. The van der Waals surface area contributed by atoms with Crippen molar-refractivity contribution >= 4 is 27.8 Å². The Morgan fingerprint density at radius 3 is 2.69 bits per heavy atom. The number of allylic oxidation sites excluding steroid dienone is 1. The summed E-state index contributed by atoms with van der Waals surface area (Å²) in [6.07, 6.45) is 6.57. The summed E-state index contributed by atoms with van der Waals surface area (Å²) in [4.78, 5) is 17.8. The van der Waals surface area contributed by atoms with Gasteiger partial charge in [0.15, 0.2) is 11.5 Å². The van der Waals surface area contributed by atoms with Crippen LogP contribution in [-0.4, -0.2) is 33.9 Å². The fourth-order valence-electron chi connectivity index (χ4n) is 4.83. The summed E-state index contributed by atoms with van der Waals surface area (Å²) in [5.74, 6) is 1.36. The molecule has 5 rings (SSSR count). The van der Waals surface area contributed by atoms with Crippen molar-refractivity contribution in [2.24, 2.45) is 0 Å². The van der Waals surface area contributed by atoms with Crippen LogP contribution >= 0.6 is 15.9 Å². The second-order valence-electron chi connectivity index (χ2n) is 9.07. The summed E-state index contributed by atoms with van der Waals surface area (Å²) < 4.78 is 20.2. The molecule has 1 aromatic heterocycles. The van der Waals surface area contributed by atoms with E-state index in [1.807, 2.05) is 49.4 Å². The molecule has 2 aromatic carbocycles. The van der Waals surface area contributed by atoms with Gasteiger partial charge in [0.1, 0.15) is 25.1 Å². The van der Waals surface area contributed by atoms with Crippen LogP contribution in [0.25, 0.3) is 0 Å². The fourth-order valence-corrected chi connectivity index (χ4v) is 5.40. The number of halogens is 1. The van der Waals surface area contributed by atoms with Crippen molar-refractivity contribution in [2.45, 2.75) is 57.8 Å². The largest absolute Gasteiger partial charge is 0.493 e. The van der Waals surface area contributed by atoms with Gasteiger partial charge in [0.05, 0.1) is 17.2 Å².